The summed E-state index contributed by atoms with van der Waals surface area (Å²) in [5.74, 6) is -2.94. The molecule has 0 unspecified atom stereocenters. The third-order valence-corrected chi connectivity index (χ3v) is 1.40. The maximum atomic E-state index is 11.8. The molecule has 1 aromatic carbocycles. The Morgan fingerprint density at radius 2 is 1.69 bits per heavy atom. The number of aromatic hydroxyl groups is 1. The summed E-state index contributed by atoms with van der Waals surface area (Å²) >= 11 is 0. The van der Waals surface area contributed by atoms with E-state index in [0.29, 0.717) is 0 Å². The van der Waals surface area contributed by atoms with Crippen molar-refractivity contribution in [3.63, 3.8) is 0 Å². The SMILES string of the molecule is Oc1c(OC(F)F)cccc1OC(F)(F)F. The van der Waals surface area contributed by atoms with E-state index < -0.39 is 30.2 Å². The first-order valence-electron chi connectivity index (χ1n) is 3.82. The topological polar surface area (TPSA) is 38.7 Å². The Kier molecular flexibility index (Phi) is 3.41. The van der Waals surface area contributed by atoms with Gasteiger partial charge in [0.05, 0.1) is 0 Å². The van der Waals surface area contributed by atoms with Gasteiger partial charge in [0.15, 0.2) is 11.5 Å². The molecule has 90 valence electrons. The lowest BCUT2D eigenvalue weighted by molar-refractivity contribution is -0.275. The van der Waals surface area contributed by atoms with E-state index >= 15 is 0 Å². The number of rotatable bonds is 3. The number of phenols is 1. The van der Waals surface area contributed by atoms with Gasteiger partial charge in [-0.1, -0.05) is 6.07 Å². The highest BCUT2D eigenvalue weighted by molar-refractivity contribution is 5.49. The van der Waals surface area contributed by atoms with Crippen LogP contribution in [0, 0.1) is 0 Å². The first-order valence-corrected chi connectivity index (χ1v) is 3.82. The highest BCUT2D eigenvalue weighted by Gasteiger charge is 2.33. The van der Waals surface area contributed by atoms with Crippen molar-refractivity contribution in [2.45, 2.75) is 13.0 Å². The predicted molar refractivity (Wildman–Crippen MR) is 41.4 cm³/mol. The van der Waals surface area contributed by atoms with Crippen LogP contribution in [-0.4, -0.2) is 18.1 Å². The minimum absolute atomic E-state index is 0.765. The summed E-state index contributed by atoms with van der Waals surface area (Å²) in [4.78, 5) is 0. The molecule has 16 heavy (non-hydrogen) atoms. The van der Waals surface area contributed by atoms with Crippen LogP contribution in [0.15, 0.2) is 18.2 Å². The van der Waals surface area contributed by atoms with Gasteiger partial charge in [-0.2, -0.15) is 8.78 Å². The van der Waals surface area contributed by atoms with Crippen LogP contribution in [0.1, 0.15) is 0 Å². The van der Waals surface area contributed by atoms with Gasteiger partial charge in [-0.15, -0.1) is 13.2 Å². The molecule has 0 atom stereocenters. The van der Waals surface area contributed by atoms with Crippen LogP contribution in [0.4, 0.5) is 22.0 Å². The second kappa shape index (κ2) is 4.42. The summed E-state index contributed by atoms with van der Waals surface area (Å²) in [6.07, 6.45) is -5.03. The molecule has 0 aliphatic rings. The van der Waals surface area contributed by atoms with Crippen molar-refractivity contribution in [1.29, 1.82) is 0 Å². The normalized spacial score (nSPS) is 11.6. The van der Waals surface area contributed by atoms with Gasteiger partial charge in [0, 0.05) is 0 Å². The van der Waals surface area contributed by atoms with E-state index in [0.717, 1.165) is 18.2 Å². The van der Waals surface area contributed by atoms with Crippen molar-refractivity contribution < 1.29 is 36.5 Å². The molecule has 0 saturated carbocycles. The summed E-state index contributed by atoms with van der Waals surface area (Å²) in [6, 6.07) is 2.62. The van der Waals surface area contributed by atoms with Gasteiger partial charge in [0.25, 0.3) is 0 Å². The lowest BCUT2D eigenvalue weighted by atomic mass is 10.3. The van der Waals surface area contributed by atoms with E-state index in [-0.39, 0.29) is 0 Å². The average molecular weight is 244 g/mol. The van der Waals surface area contributed by atoms with Crippen molar-refractivity contribution in [1.82, 2.24) is 0 Å². The molecule has 0 amide bonds. The second-order valence-electron chi connectivity index (χ2n) is 2.53. The highest BCUT2D eigenvalue weighted by Crippen LogP contribution is 2.38. The molecule has 8 heteroatoms. The molecule has 0 saturated heterocycles. The van der Waals surface area contributed by atoms with Crippen LogP contribution < -0.4 is 9.47 Å². The molecule has 0 radical (unpaired) electrons. The molecular weight excluding hydrogens is 239 g/mol. The number of hydrogen-bond acceptors (Lipinski definition) is 3. The van der Waals surface area contributed by atoms with E-state index in [9.17, 15) is 22.0 Å². The van der Waals surface area contributed by atoms with Crippen molar-refractivity contribution >= 4 is 0 Å². The number of para-hydroxylation sites is 1. The van der Waals surface area contributed by atoms with Crippen LogP contribution in [-0.2, 0) is 0 Å². The molecule has 1 rings (SSSR count). The number of benzene rings is 1. The molecule has 0 aliphatic carbocycles. The van der Waals surface area contributed by atoms with Gasteiger partial charge in [0.2, 0.25) is 5.75 Å². The summed E-state index contributed by atoms with van der Waals surface area (Å²) in [7, 11) is 0. The Bertz CT molecular complexity index is 363. The largest absolute Gasteiger partial charge is 0.573 e. The molecule has 0 spiro atoms. The number of ether oxygens (including phenoxy) is 2. The third kappa shape index (κ3) is 3.44. The predicted octanol–water partition coefficient (Wildman–Crippen LogP) is 2.89. The number of alkyl halides is 5. The number of phenolic OH excluding ortho intramolecular Hbond substituents is 1. The monoisotopic (exact) mass is 244 g/mol. The lowest BCUT2D eigenvalue weighted by Gasteiger charge is -2.12. The fourth-order valence-corrected chi connectivity index (χ4v) is 0.900. The number of halogens is 5. The maximum absolute atomic E-state index is 11.8. The molecule has 1 aromatic rings. The first kappa shape index (κ1) is 12.3. The molecule has 0 bridgehead atoms. The second-order valence-corrected chi connectivity index (χ2v) is 2.53. The zero-order valence-electron chi connectivity index (χ0n) is 7.46. The molecular formula is C8H5F5O3. The van der Waals surface area contributed by atoms with E-state index in [2.05, 4.69) is 9.47 Å². The van der Waals surface area contributed by atoms with Gasteiger partial charge in [-0.3, -0.25) is 0 Å². The van der Waals surface area contributed by atoms with Crippen molar-refractivity contribution in [3.8, 4) is 17.2 Å². The van der Waals surface area contributed by atoms with Gasteiger partial charge in [-0.25, -0.2) is 0 Å². The van der Waals surface area contributed by atoms with Crippen molar-refractivity contribution in [2.75, 3.05) is 0 Å². The molecule has 0 aromatic heterocycles. The van der Waals surface area contributed by atoms with Crippen LogP contribution in [0.25, 0.3) is 0 Å². The van der Waals surface area contributed by atoms with Crippen LogP contribution >= 0.6 is 0 Å². The van der Waals surface area contributed by atoms with E-state index in [1.165, 1.54) is 0 Å². The smallest absolute Gasteiger partial charge is 0.502 e. The van der Waals surface area contributed by atoms with Crippen molar-refractivity contribution in [2.24, 2.45) is 0 Å². The minimum Gasteiger partial charge on any atom is -0.502 e. The Morgan fingerprint density at radius 3 is 2.19 bits per heavy atom. The summed E-state index contributed by atoms with van der Waals surface area (Å²) in [6.45, 7) is -3.26. The van der Waals surface area contributed by atoms with Crippen molar-refractivity contribution in [3.05, 3.63) is 18.2 Å². The molecule has 1 N–H and O–H groups in total. The van der Waals surface area contributed by atoms with Gasteiger partial charge in [0.1, 0.15) is 0 Å². The zero-order chi connectivity index (χ0) is 12.3. The Morgan fingerprint density at radius 1 is 1.12 bits per heavy atom. The van der Waals surface area contributed by atoms with E-state index in [4.69, 9.17) is 5.11 Å². The zero-order valence-corrected chi connectivity index (χ0v) is 7.46. The Balaban J connectivity index is 2.95. The summed E-state index contributed by atoms with van der Waals surface area (Å²) in [5, 5.41) is 9.12. The third-order valence-electron chi connectivity index (χ3n) is 1.40. The Hall–Kier alpha value is -1.73. The number of hydrogen-bond donors (Lipinski definition) is 1. The summed E-state index contributed by atoms with van der Waals surface area (Å²) in [5.41, 5.74) is 0. The lowest BCUT2D eigenvalue weighted by Crippen LogP contribution is -2.17. The summed E-state index contributed by atoms with van der Waals surface area (Å²) < 4.78 is 66.1. The van der Waals surface area contributed by atoms with E-state index in [1.54, 1.807) is 0 Å². The van der Waals surface area contributed by atoms with Gasteiger partial charge in [-0.05, 0) is 12.1 Å². The average Bonchev–Trinajstić information content (AvgIpc) is 2.09. The Labute approximate surface area is 86.0 Å². The van der Waals surface area contributed by atoms with Crippen LogP contribution in [0.3, 0.4) is 0 Å². The highest BCUT2D eigenvalue weighted by atomic mass is 19.4. The molecule has 0 fully saturated rings. The quantitative estimate of drug-likeness (QED) is 0.831. The van der Waals surface area contributed by atoms with Gasteiger partial charge < -0.3 is 14.6 Å². The molecule has 0 aliphatic heterocycles. The maximum Gasteiger partial charge on any atom is 0.573 e. The minimum atomic E-state index is -5.03. The van der Waals surface area contributed by atoms with Crippen LogP contribution in [0.2, 0.25) is 0 Å². The fraction of sp³-hybridized carbons (Fsp3) is 0.250. The van der Waals surface area contributed by atoms with E-state index in [1.807, 2.05) is 0 Å². The van der Waals surface area contributed by atoms with Gasteiger partial charge >= 0.3 is 13.0 Å². The molecule has 0 heterocycles. The first-order chi connectivity index (χ1) is 7.29. The standard InChI is InChI=1S/C8H5F5O3/c9-7(10)15-4-2-1-3-5(6(4)14)16-8(11,12)13/h1-3,7,14H. The fourth-order valence-electron chi connectivity index (χ4n) is 0.900. The molecule has 3 nitrogen and oxygen atoms in total. The van der Waals surface area contributed by atoms with Crippen LogP contribution in [0.5, 0.6) is 17.2 Å².